The second kappa shape index (κ2) is 11.1. The first kappa shape index (κ1) is 23.0. The van der Waals surface area contributed by atoms with Crippen molar-refractivity contribution in [1.29, 1.82) is 5.26 Å². The molecule has 11 nitrogen and oxygen atoms in total. The Morgan fingerprint density at radius 3 is 2.23 bits per heavy atom. The molecular weight excluding hydrogens is 446 g/mol. The minimum Gasteiger partial charge on any atom is -0.378 e. The van der Waals surface area contributed by atoms with E-state index in [1.165, 1.54) is 0 Å². The van der Waals surface area contributed by atoms with Crippen molar-refractivity contribution >= 4 is 17.8 Å². The van der Waals surface area contributed by atoms with Crippen LogP contribution in [0.4, 0.5) is 17.8 Å². The molecule has 0 saturated carbocycles. The van der Waals surface area contributed by atoms with Gasteiger partial charge in [-0.3, -0.25) is 5.43 Å². The van der Waals surface area contributed by atoms with E-state index in [4.69, 9.17) is 19.7 Å². The zero-order chi connectivity index (χ0) is 23.9. The molecule has 0 atom stereocenters. The number of hydrogen-bond acceptors (Lipinski definition) is 10. The molecular formula is C24H29N9O2. The predicted octanol–water partition coefficient (Wildman–Crippen LogP) is 1.38. The average Bonchev–Trinajstić information content (AvgIpc) is 3.36. The van der Waals surface area contributed by atoms with Gasteiger partial charge in [0.25, 0.3) is 0 Å². The van der Waals surface area contributed by atoms with E-state index in [1.807, 2.05) is 36.5 Å². The van der Waals surface area contributed by atoms with Gasteiger partial charge in [0.15, 0.2) is 0 Å². The van der Waals surface area contributed by atoms with Gasteiger partial charge in [0.2, 0.25) is 17.8 Å². The molecule has 0 radical (unpaired) electrons. The minimum absolute atomic E-state index is 0.475. The number of ether oxygens (including phenoxy) is 2. The summed E-state index contributed by atoms with van der Waals surface area (Å²) in [5.41, 5.74) is 9.26. The van der Waals surface area contributed by atoms with Crippen LogP contribution in [0.5, 0.6) is 0 Å². The summed E-state index contributed by atoms with van der Waals surface area (Å²) >= 11 is 0. The number of hydrogen-bond donors (Lipinski definition) is 2. The second-order valence-electron chi connectivity index (χ2n) is 8.38. The quantitative estimate of drug-likeness (QED) is 0.463. The normalized spacial score (nSPS) is 16.2. The highest BCUT2D eigenvalue weighted by Gasteiger charge is 2.20. The van der Waals surface area contributed by atoms with Gasteiger partial charge in [-0.2, -0.15) is 20.2 Å². The lowest BCUT2D eigenvalue weighted by Crippen LogP contribution is -2.40. The third-order valence-electron chi connectivity index (χ3n) is 6.00. The van der Waals surface area contributed by atoms with E-state index in [-0.39, 0.29) is 0 Å². The largest absolute Gasteiger partial charge is 0.378 e. The van der Waals surface area contributed by atoms with E-state index in [1.54, 1.807) is 0 Å². The number of nitrogens with one attached hydrogen (secondary N) is 2. The summed E-state index contributed by atoms with van der Waals surface area (Å²) in [6, 6.07) is 14.0. The summed E-state index contributed by atoms with van der Waals surface area (Å²) in [6.45, 7) is 6.90. The smallest absolute Gasteiger partial charge is 0.243 e. The summed E-state index contributed by atoms with van der Waals surface area (Å²) in [7, 11) is 0. The minimum atomic E-state index is 0.475. The predicted molar refractivity (Wildman–Crippen MR) is 131 cm³/mol. The molecule has 2 aliphatic rings. The lowest BCUT2D eigenvalue weighted by atomic mass is 10.1. The highest BCUT2D eigenvalue weighted by atomic mass is 16.5. The van der Waals surface area contributed by atoms with Gasteiger partial charge in [-0.15, -0.1) is 0 Å². The Hall–Kier alpha value is -3.72. The van der Waals surface area contributed by atoms with E-state index >= 15 is 0 Å². The Labute approximate surface area is 204 Å². The van der Waals surface area contributed by atoms with Crippen molar-refractivity contribution in [3.05, 3.63) is 59.4 Å². The molecule has 0 unspecified atom stereocenters. The van der Waals surface area contributed by atoms with Gasteiger partial charge in [-0.1, -0.05) is 12.1 Å². The van der Waals surface area contributed by atoms with Crippen LogP contribution >= 0.6 is 0 Å². The van der Waals surface area contributed by atoms with Gasteiger partial charge in [-0.05, 0) is 29.8 Å². The van der Waals surface area contributed by atoms with Crippen LogP contribution in [0, 0.1) is 11.3 Å². The van der Waals surface area contributed by atoms with Crippen molar-refractivity contribution in [2.75, 3.05) is 67.8 Å². The maximum Gasteiger partial charge on any atom is 0.243 e. The van der Waals surface area contributed by atoms with Gasteiger partial charge in [-0.25, -0.2) is 5.43 Å². The molecule has 11 heteroatoms. The van der Waals surface area contributed by atoms with Crippen molar-refractivity contribution in [2.45, 2.75) is 13.1 Å². The summed E-state index contributed by atoms with van der Waals surface area (Å²) in [6.07, 6.45) is 2.03. The standard InChI is InChI=1S/C24H29N9O2/c25-16-19-3-1-4-20(15-19)18-33-6-2-5-21(33)17-26-30-22-27-23(31-7-11-34-12-8-31)29-24(28-22)32-9-13-35-14-10-32/h1-6,15,26H,7-14,17-18H2,(H,27,28,29,30). The Morgan fingerprint density at radius 1 is 0.886 bits per heavy atom. The molecule has 2 N–H and O–H groups in total. The summed E-state index contributed by atoms with van der Waals surface area (Å²) in [5.74, 6) is 1.77. The van der Waals surface area contributed by atoms with Crippen molar-refractivity contribution in [3.8, 4) is 6.07 Å². The Balaban J connectivity index is 1.27. The Kier molecular flexibility index (Phi) is 7.33. The maximum absolute atomic E-state index is 9.16. The third-order valence-corrected chi connectivity index (χ3v) is 6.00. The lowest BCUT2D eigenvalue weighted by Gasteiger charge is -2.30. The van der Waals surface area contributed by atoms with Crippen LogP contribution in [0.2, 0.25) is 0 Å². The van der Waals surface area contributed by atoms with Crippen molar-refractivity contribution in [3.63, 3.8) is 0 Å². The van der Waals surface area contributed by atoms with E-state index < -0.39 is 0 Å². The monoisotopic (exact) mass is 475 g/mol. The zero-order valence-corrected chi connectivity index (χ0v) is 19.6. The highest BCUT2D eigenvalue weighted by Crippen LogP contribution is 2.18. The molecule has 2 fully saturated rings. The molecule has 4 heterocycles. The molecule has 35 heavy (non-hydrogen) atoms. The van der Waals surface area contributed by atoms with Gasteiger partial charge < -0.3 is 23.8 Å². The molecule has 2 saturated heterocycles. The summed E-state index contributed by atoms with van der Waals surface area (Å²) in [5, 5.41) is 9.16. The first-order valence-corrected chi connectivity index (χ1v) is 11.8. The number of aromatic nitrogens is 4. The van der Waals surface area contributed by atoms with Crippen molar-refractivity contribution < 1.29 is 9.47 Å². The Morgan fingerprint density at radius 2 is 1.57 bits per heavy atom. The third kappa shape index (κ3) is 5.86. The molecule has 5 rings (SSSR count). The second-order valence-corrected chi connectivity index (χ2v) is 8.38. The molecule has 1 aromatic carbocycles. The number of morpholine rings is 2. The van der Waals surface area contributed by atoms with Crippen LogP contribution in [-0.4, -0.2) is 72.1 Å². The highest BCUT2D eigenvalue weighted by molar-refractivity contribution is 5.45. The maximum atomic E-state index is 9.16. The molecule has 182 valence electrons. The summed E-state index contributed by atoms with van der Waals surface area (Å²) in [4.78, 5) is 18.3. The molecule has 0 amide bonds. The van der Waals surface area contributed by atoms with Crippen molar-refractivity contribution in [1.82, 2.24) is 24.9 Å². The summed E-state index contributed by atoms with van der Waals surface area (Å²) < 4.78 is 13.1. The van der Waals surface area contributed by atoms with Crippen LogP contribution < -0.4 is 20.7 Å². The van der Waals surface area contributed by atoms with E-state index in [0.717, 1.165) is 37.4 Å². The number of hydrazine groups is 1. The van der Waals surface area contributed by atoms with Gasteiger partial charge in [0, 0.05) is 44.6 Å². The van der Waals surface area contributed by atoms with Crippen LogP contribution in [0.3, 0.4) is 0 Å². The van der Waals surface area contributed by atoms with Gasteiger partial charge in [0.05, 0.1) is 44.6 Å². The fourth-order valence-electron chi connectivity index (χ4n) is 4.13. The van der Waals surface area contributed by atoms with Gasteiger partial charge in [0.1, 0.15) is 0 Å². The van der Waals surface area contributed by atoms with E-state index in [0.29, 0.717) is 62.9 Å². The van der Waals surface area contributed by atoms with Crippen LogP contribution in [0.1, 0.15) is 16.8 Å². The molecule has 3 aromatic rings. The number of nitrogens with zero attached hydrogens (tertiary/aromatic N) is 7. The zero-order valence-electron chi connectivity index (χ0n) is 19.6. The molecule has 2 aliphatic heterocycles. The van der Waals surface area contributed by atoms with Crippen LogP contribution in [0.15, 0.2) is 42.6 Å². The topological polar surface area (TPSA) is 116 Å². The molecule has 0 bridgehead atoms. The number of rotatable bonds is 8. The molecule has 2 aromatic heterocycles. The number of anilines is 3. The van der Waals surface area contributed by atoms with Crippen LogP contribution in [-0.2, 0) is 22.6 Å². The van der Waals surface area contributed by atoms with E-state index in [9.17, 15) is 0 Å². The number of benzene rings is 1. The fourth-order valence-corrected chi connectivity index (χ4v) is 4.13. The SMILES string of the molecule is N#Cc1cccc(Cn2cccc2CNNc2nc(N3CCOCC3)nc(N3CCOCC3)n2)c1. The molecule has 0 aliphatic carbocycles. The van der Waals surface area contributed by atoms with Gasteiger partial charge >= 0.3 is 0 Å². The fraction of sp³-hybridized carbons (Fsp3) is 0.417. The van der Waals surface area contributed by atoms with Crippen LogP contribution in [0.25, 0.3) is 0 Å². The first-order valence-electron chi connectivity index (χ1n) is 11.8. The lowest BCUT2D eigenvalue weighted by molar-refractivity contribution is 0.121. The number of nitriles is 1. The first-order chi connectivity index (χ1) is 17.3. The Bertz CT molecular complexity index is 1130. The van der Waals surface area contributed by atoms with Crippen molar-refractivity contribution in [2.24, 2.45) is 0 Å². The molecule has 0 spiro atoms. The average molecular weight is 476 g/mol. The van der Waals surface area contributed by atoms with E-state index in [2.05, 4.69) is 47.3 Å².